The minimum absolute atomic E-state index is 0.00598. The van der Waals surface area contributed by atoms with E-state index in [1.165, 1.54) is 41.4 Å². The van der Waals surface area contributed by atoms with Crippen molar-refractivity contribution in [2.24, 2.45) is 0 Å². The third kappa shape index (κ3) is 6.35. The molecule has 5 rings (SSSR count). The minimum Gasteiger partial charge on any atom is -0.464 e. The molecule has 1 atom stereocenters. The lowest BCUT2D eigenvalue weighted by atomic mass is 10.00. The summed E-state index contributed by atoms with van der Waals surface area (Å²) in [5.41, 5.74) is -3.75. The number of ether oxygens (including phenoxy) is 1. The lowest BCUT2D eigenvalue weighted by molar-refractivity contribution is -0.146. The quantitative estimate of drug-likeness (QED) is 0.105. The number of alkyl halides is 6. The zero-order valence-corrected chi connectivity index (χ0v) is 22.7. The largest absolute Gasteiger partial charge is 0.464 e. The van der Waals surface area contributed by atoms with Gasteiger partial charge in [-0.15, -0.1) is 0 Å². The van der Waals surface area contributed by atoms with E-state index in [2.05, 4.69) is 25.1 Å². The van der Waals surface area contributed by atoms with Crippen molar-refractivity contribution in [2.75, 3.05) is 6.61 Å². The van der Waals surface area contributed by atoms with Crippen LogP contribution in [-0.4, -0.2) is 42.3 Å². The van der Waals surface area contributed by atoms with Gasteiger partial charge in [-0.05, 0) is 42.8 Å². The molecule has 44 heavy (non-hydrogen) atoms. The van der Waals surface area contributed by atoms with Gasteiger partial charge >= 0.3 is 18.3 Å². The number of imidazole rings is 1. The molecule has 1 unspecified atom stereocenters. The van der Waals surface area contributed by atoms with Gasteiger partial charge in [-0.3, -0.25) is 0 Å². The number of carbonyl (C=O) groups is 1. The summed E-state index contributed by atoms with van der Waals surface area (Å²) in [5, 5.41) is 7.76. The Labute approximate surface area is 244 Å². The van der Waals surface area contributed by atoms with Crippen LogP contribution in [0.5, 0.6) is 0 Å². The predicted molar refractivity (Wildman–Crippen MR) is 141 cm³/mol. The summed E-state index contributed by atoms with van der Waals surface area (Å²) in [6, 6.07) is 8.04. The molecule has 2 aromatic carbocycles. The summed E-state index contributed by atoms with van der Waals surface area (Å²) >= 11 is 0. The summed E-state index contributed by atoms with van der Waals surface area (Å²) in [6.45, 7) is 1.96. The highest BCUT2D eigenvalue weighted by Crippen LogP contribution is 2.40. The fourth-order valence-electron chi connectivity index (χ4n) is 4.33. The molecule has 2 aliphatic heterocycles. The summed E-state index contributed by atoms with van der Waals surface area (Å²) in [7, 11) is 0. The standard InChI is InChI=1S/C29H21F7N6O2/c1-2-3-12-44-27(43)24(42-14-23-26(37-15-42)39-25(38-23)18-6-4-5-7-20(18)30)22-11-10-21(40-41-22)17-9-8-16(28(31,32)33)13-19(17)29(34,35)36/h4-11,13-15,24H,2-3,12H2,1H3. The lowest BCUT2D eigenvalue weighted by Gasteiger charge is -2.19. The van der Waals surface area contributed by atoms with E-state index in [9.17, 15) is 35.5 Å². The molecule has 0 spiro atoms. The molecular formula is C29H21F7N6O2. The number of unbranched alkanes of at least 4 members (excludes halogenated alkanes) is 1. The Morgan fingerprint density at radius 3 is 2.32 bits per heavy atom. The number of hydrogen-bond donors (Lipinski definition) is 0. The first-order valence-corrected chi connectivity index (χ1v) is 13.1. The van der Waals surface area contributed by atoms with Gasteiger partial charge in [0.2, 0.25) is 0 Å². The molecular weight excluding hydrogens is 597 g/mol. The fourth-order valence-corrected chi connectivity index (χ4v) is 4.33. The monoisotopic (exact) mass is 618 g/mol. The number of carbonyl (C=O) groups excluding carboxylic acids is 1. The molecule has 0 aliphatic carbocycles. The molecule has 0 fully saturated rings. The van der Waals surface area contributed by atoms with Gasteiger partial charge in [0.1, 0.15) is 11.5 Å². The Morgan fingerprint density at radius 1 is 0.886 bits per heavy atom. The highest BCUT2D eigenvalue weighted by atomic mass is 19.4. The molecule has 2 aliphatic rings. The first-order chi connectivity index (χ1) is 20.9. The topological polar surface area (TPSA) is 95.7 Å². The Balaban J connectivity index is 1.54. The number of hydrogen-bond acceptors (Lipinski definition) is 7. The van der Waals surface area contributed by atoms with E-state index in [1.54, 1.807) is 6.07 Å². The predicted octanol–water partition coefficient (Wildman–Crippen LogP) is 7.01. The Morgan fingerprint density at radius 2 is 1.66 bits per heavy atom. The summed E-state index contributed by atoms with van der Waals surface area (Å²) in [4.78, 5) is 26.0. The highest BCUT2D eigenvalue weighted by molar-refractivity contribution is 5.78. The van der Waals surface area contributed by atoms with E-state index in [1.807, 2.05) is 6.92 Å². The molecule has 0 radical (unpaired) electrons. The average molecular weight is 619 g/mol. The fraction of sp³-hybridized carbons (Fsp3) is 0.241. The maximum absolute atomic E-state index is 14.3. The molecule has 0 N–H and O–H groups in total. The van der Waals surface area contributed by atoms with Gasteiger partial charge in [0.25, 0.3) is 0 Å². The van der Waals surface area contributed by atoms with E-state index in [4.69, 9.17) is 4.74 Å². The second-order valence-corrected chi connectivity index (χ2v) is 9.58. The molecule has 0 saturated carbocycles. The number of aromatic nitrogens is 6. The van der Waals surface area contributed by atoms with Gasteiger partial charge in [0.15, 0.2) is 17.7 Å². The van der Waals surface area contributed by atoms with Crippen LogP contribution < -0.4 is 0 Å². The zero-order chi connectivity index (χ0) is 31.6. The molecule has 3 aromatic rings. The van der Waals surface area contributed by atoms with E-state index in [0.29, 0.717) is 18.6 Å². The van der Waals surface area contributed by atoms with Crippen molar-refractivity contribution < 1.29 is 40.3 Å². The highest BCUT2D eigenvalue weighted by Gasteiger charge is 2.39. The maximum atomic E-state index is 14.3. The molecule has 0 bridgehead atoms. The molecule has 3 heterocycles. The average Bonchev–Trinajstić information content (AvgIpc) is 3.40. The van der Waals surface area contributed by atoms with Crippen LogP contribution in [0.25, 0.3) is 34.2 Å². The number of rotatable bonds is 8. The Bertz CT molecular complexity index is 1750. The first-order valence-electron chi connectivity index (χ1n) is 13.1. The van der Waals surface area contributed by atoms with Crippen molar-refractivity contribution in [3.63, 3.8) is 0 Å². The summed E-state index contributed by atoms with van der Waals surface area (Å²) in [5.74, 6) is -1.12. The van der Waals surface area contributed by atoms with Crippen molar-refractivity contribution in [1.29, 1.82) is 0 Å². The summed E-state index contributed by atoms with van der Waals surface area (Å²) < 4.78 is 101. The molecule has 0 amide bonds. The lowest BCUT2D eigenvalue weighted by Crippen LogP contribution is -2.25. The minimum atomic E-state index is -5.12. The van der Waals surface area contributed by atoms with Crippen molar-refractivity contribution in [1.82, 2.24) is 29.7 Å². The SMILES string of the molecule is CCCCOC(=O)C(c1ccc(-c2ccc(C(F)(F)F)cc2C(F)(F)F)nn1)n1cnc2nc(-c3ccccc3F)nc-2c1. The number of fused-ring (bicyclic) bond motifs is 1. The van der Waals surface area contributed by atoms with Gasteiger partial charge in [0.05, 0.1) is 41.0 Å². The van der Waals surface area contributed by atoms with Crippen LogP contribution in [0.2, 0.25) is 0 Å². The normalized spacial score (nSPS) is 12.8. The van der Waals surface area contributed by atoms with Crippen LogP contribution >= 0.6 is 0 Å². The molecule has 15 heteroatoms. The van der Waals surface area contributed by atoms with Crippen molar-refractivity contribution in [3.8, 4) is 34.2 Å². The van der Waals surface area contributed by atoms with Crippen molar-refractivity contribution >= 4 is 5.97 Å². The van der Waals surface area contributed by atoms with Gasteiger partial charge in [-0.25, -0.2) is 24.1 Å². The number of esters is 1. The second kappa shape index (κ2) is 12.0. The van der Waals surface area contributed by atoms with Crippen LogP contribution in [-0.2, 0) is 21.9 Å². The van der Waals surface area contributed by atoms with Crippen LogP contribution in [0.4, 0.5) is 30.7 Å². The van der Waals surface area contributed by atoms with Crippen LogP contribution in [0.3, 0.4) is 0 Å². The Hall–Kier alpha value is -4.95. The second-order valence-electron chi connectivity index (χ2n) is 9.58. The Kier molecular flexibility index (Phi) is 8.30. The van der Waals surface area contributed by atoms with Crippen molar-refractivity contribution in [3.05, 3.63) is 89.8 Å². The van der Waals surface area contributed by atoms with Crippen molar-refractivity contribution in [2.45, 2.75) is 38.2 Å². The van der Waals surface area contributed by atoms with Crippen LogP contribution in [0.15, 0.2) is 67.1 Å². The van der Waals surface area contributed by atoms with E-state index >= 15 is 0 Å². The zero-order valence-electron chi connectivity index (χ0n) is 22.7. The molecule has 8 nitrogen and oxygen atoms in total. The third-order valence-electron chi connectivity index (χ3n) is 6.52. The van der Waals surface area contributed by atoms with E-state index in [-0.39, 0.29) is 47.0 Å². The summed E-state index contributed by atoms with van der Waals surface area (Å²) in [6.07, 6.45) is -6.20. The third-order valence-corrected chi connectivity index (χ3v) is 6.52. The number of benzene rings is 2. The van der Waals surface area contributed by atoms with E-state index < -0.39 is 46.9 Å². The van der Waals surface area contributed by atoms with Crippen LogP contribution in [0, 0.1) is 5.82 Å². The van der Waals surface area contributed by atoms with Gasteiger partial charge in [0, 0.05) is 11.8 Å². The molecule has 1 aromatic heterocycles. The molecule has 0 saturated heterocycles. The maximum Gasteiger partial charge on any atom is 0.417 e. The number of halogens is 7. The first kappa shape index (κ1) is 30.5. The smallest absolute Gasteiger partial charge is 0.417 e. The van der Waals surface area contributed by atoms with Gasteiger partial charge in [-0.1, -0.05) is 31.5 Å². The molecule has 228 valence electrons. The number of nitrogens with zero attached hydrogens (tertiary/aromatic N) is 6. The van der Waals surface area contributed by atoms with Gasteiger partial charge in [-0.2, -0.15) is 36.5 Å². The van der Waals surface area contributed by atoms with Crippen LogP contribution in [0.1, 0.15) is 42.6 Å². The van der Waals surface area contributed by atoms with E-state index in [0.717, 1.165) is 12.5 Å². The van der Waals surface area contributed by atoms with Gasteiger partial charge < -0.3 is 9.30 Å².